The van der Waals surface area contributed by atoms with Crippen LogP contribution in [0.25, 0.3) is 0 Å². The number of rotatable bonds is 18. The van der Waals surface area contributed by atoms with Crippen molar-refractivity contribution in [1.29, 1.82) is 0 Å². The Balaban J connectivity index is 2.10. The van der Waals surface area contributed by atoms with E-state index in [0.29, 0.717) is 0 Å². The Hall–Kier alpha value is -0.580. The lowest BCUT2D eigenvalue weighted by Gasteiger charge is -2.39. The maximum absolute atomic E-state index is 10.2. The molecule has 0 bridgehead atoms. The van der Waals surface area contributed by atoms with E-state index < -0.39 is 49.5 Å². The predicted octanol–water partition coefficient (Wildman–Crippen LogP) is 1.75. The third-order valence-corrected chi connectivity index (χ3v) is 6.05. The van der Waals surface area contributed by atoms with Crippen LogP contribution in [-0.2, 0) is 9.47 Å². The largest absolute Gasteiger partial charge is 0.394 e. The number of aliphatic hydroxyl groups excluding tert-OH is 5. The van der Waals surface area contributed by atoms with Crippen LogP contribution in [0.1, 0.15) is 84.0 Å². The molecule has 8 heteroatoms. The fraction of sp³-hybridized carbons (Fsp3) is 0.917. The molecule has 4 unspecified atom stereocenters. The van der Waals surface area contributed by atoms with Gasteiger partial charge in [-0.1, -0.05) is 83.3 Å². The van der Waals surface area contributed by atoms with Gasteiger partial charge >= 0.3 is 0 Å². The van der Waals surface area contributed by atoms with Gasteiger partial charge in [0, 0.05) is 0 Å². The van der Waals surface area contributed by atoms with E-state index >= 15 is 0 Å². The van der Waals surface area contributed by atoms with Crippen molar-refractivity contribution in [2.75, 3.05) is 13.2 Å². The van der Waals surface area contributed by atoms with Gasteiger partial charge in [0.15, 0.2) is 6.29 Å². The van der Waals surface area contributed by atoms with E-state index in [-0.39, 0.29) is 6.61 Å². The molecular weight excluding hydrogens is 414 g/mol. The van der Waals surface area contributed by atoms with Crippen LogP contribution in [0.2, 0.25) is 0 Å². The Morgan fingerprint density at radius 2 is 1.44 bits per heavy atom. The third kappa shape index (κ3) is 11.5. The topological polar surface area (TPSA) is 146 Å². The predicted molar refractivity (Wildman–Crippen MR) is 124 cm³/mol. The zero-order valence-electron chi connectivity index (χ0n) is 19.7. The SMILES string of the molecule is CCCCCCCCCCCCC/C=C/C(O)C(N)COC1OC(CO)[C@H](O)[C@H](O)[C@H]1O. The normalized spacial score (nSPS) is 28.3. The van der Waals surface area contributed by atoms with E-state index in [1.165, 1.54) is 64.2 Å². The summed E-state index contributed by atoms with van der Waals surface area (Å²) in [6.45, 7) is 1.60. The van der Waals surface area contributed by atoms with Crippen LogP contribution in [-0.4, -0.2) is 81.6 Å². The minimum Gasteiger partial charge on any atom is -0.394 e. The molecule has 0 spiro atoms. The van der Waals surface area contributed by atoms with E-state index in [4.69, 9.17) is 15.2 Å². The summed E-state index contributed by atoms with van der Waals surface area (Å²) in [6.07, 6.45) is 11.1. The van der Waals surface area contributed by atoms with Crippen molar-refractivity contribution in [3.05, 3.63) is 12.2 Å². The second-order valence-electron chi connectivity index (χ2n) is 8.94. The first-order valence-electron chi connectivity index (χ1n) is 12.4. The van der Waals surface area contributed by atoms with Gasteiger partial charge in [0.1, 0.15) is 24.4 Å². The van der Waals surface area contributed by atoms with E-state index in [1.807, 2.05) is 6.08 Å². The first kappa shape index (κ1) is 29.5. The maximum atomic E-state index is 10.2. The lowest BCUT2D eigenvalue weighted by atomic mass is 9.99. The van der Waals surface area contributed by atoms with E-state index in [2.05, 4.69) is 6.92 Å². The number of unbranched alkanes of at least 4 members (excludes halogenated alkanes) is 11. The Labute approximate surface area is 193 Å². The van der Waals surface area contributed by atoms with Crippen molar-refractivity contribution in [2.24, 2.45) is 5.73 Å². The van der Waals surface area contributed by atoms with Gasteiger partial charge in [-0.3, -0.25) is 0 Å². The standard InChI is InChI=1S/C24H47NO7/c1-2-3-4-5-6-7-8-9-10-11-12-13-14-15-19(27)18(25)17-31-24-23(30)22(29)21(28)20(16-26)32-24/h14-15,18-24,26-30H,2-13,16-17,25H2,1H3/b15-14+/t18?,19?,20?,21-,22-,23+,24?/m0/s1. The van der Waals surface area contributed by atoms with Crippen LogP contribution in [0.3, 0.4) is 0 Å². The summed E-state index contributed by atoms with van der Waals surface area (Å²) >= 11 is 0. The molecule has 1 rings (SSSR count). The summed E-state index contributed by atoms with van der Waals surface area (Å²) in [6, 6.07) is -0.740. The fourth-order valence-corrected chi connectivity index (χ4v) is 3.81. The first-order valence-corrected chi connectivity index (χ1v) is 12.4. The van der Waals surface area contributed by atoms with Gasteiger partial charge in [-0.05, 0) is 12.8 Å². The number of nitrogens with two attached hydrogens (primary N) is 1. The Morgan fingerprint density at radius 3 is 2.00 bits per heavy atom. The smallest absolute Gasteiger partial charge is 0.186 e. The Bertz CT molecular complexity index is 477. The van der Waals surface area contributed by atoms with Crippen molar-refractivity contribution in [3.63, 3.8) is 0 Å². The van der Waals surface area contributed by atoms with Gasteiger partial charge in [0.05, 0.1) is 25.4 Å². The second kappa shape index (κ2) is 17.8. The molecule has 0 aromatic heterocycles. The first-order chi connectivity index (χ1) is 15.4. The molecule has 32 heavy (non-hydrogen) atoms. The van der Waals surface area contributed by atoms with Crippen molar-refractivity contribution in [2.45, 2.75) is 127 Å². The number of allylic oxidation sites excluding steroid dienone is 1. The van der Waals surface area contributed by atoms with Crippen LogP contribution in [0.15, 0.2) is 12.2 Å². The average molecular weight is 462 g/mol. The molecule has 1 aliphatic rings. The number of ether oxygens (including phenoxy) is 2. The molecule has 0 aromatic carbocycles. The molecule has 1 saturated heterocycles. The molecule has 1 aliphatic heterocycles. The lowest BCUT2D eigenvalue weighted by molar-refractivity contribution is -0.302. The van der Waals surface area contributed by atoms with Crippen molar-refractivity contribution in [3.8, 4) is 0 Å². The van der Waals surface area contributed by atoms with E-state index in [1.54, 1.807) is 6.08 Å². The molecule has 0 amide bonds. The van der Waals surface area contributed by atoms with Gasteiger partial charge in [-0.15, -0.1) is 0 Å². The van der Waals surface area contributed by atoms with E-state index in [9.17, 15) is 25.5 Å². The van der Waals surface area contributed by atoms with Gasteiger partial charge in [-0.2, -0.15) is 0 Å². The molecule has 7 atom stereocenters. The van der Waals surface area contributed by atoms with E-state index in [0.717, 1.165) is 12.8 Å². The van der Waals surface area contributed by atoms with Crippen molar-refractivity contribution < 1.29 is 35.0 Å². The second-order valence-corrected chi connectivity index (χ2v) is 8.94. The molecule has 1 heterocycles. The maximum Gasteiger partial charge on any atom is 0.186 e. The summed E-state index contributed by atoms with van der Waals surface area (Å²) in [4.78, 5) is 0. The molecule has 190 valence electrons. The molecule has 0 radical (unpaired) electrons. The zero-order valence-corrected chi connectivity index (χ0v) is 19.7. The summed E-state index contributed by atoms with van der Waals surface area (Å²) in [5.74, 6) is 0. The molecule has 0 saturated carbocycles. The van der Waals surface area contributed by atoms with Crippen LogP contribution in [0, 0.1) is 0 Å². The highest BCUT2D eigenvalue weighted by molar-refractivity contribution is 4.94. The van der Waals surface area contributed by atoms with Crippen LogP contribution >= 0.6 is 0 Å². The Kier molecular flexibility index (Phi) is 16.4. The highest BCUT2D eigenvalue weighted by Gasteiger charge is 2.44. The molecular formula is C24H47NO7. The summed E-state index contributed by atoms with van der Waals surface area (Å²) in [5.41, 5.74) is 5.93. The summed E-state index contributed by atoms with van der Waals surface area (Å²) in [7, 11) is 0. The van der Waals surface area contributed by atoms with Gasteiger partial charge in [-0.25, -0.2) is 0 Å². The number of aliphatic hydroxyl groups is 5. The molecule has 7 N–H and O–H groups in total. The summed E-state index contributed by atoms with van der Waals surface area (Å²) in [5, 5.41) is 48.8. The fourth-order valence-electron chi connectivity index (χ4n) is 3.81. The van der Waals surface area contributed by atoms with Crippen LogP contribution in [0.4, 0.5) is 0 Å². The van der Waals surface area contributed by atoms with Crippen molar-refractivity contribution in [1.82, 2.24) is 0 Å². The number of hydrogen-bond donors (Lipinski definition) is 6. The molecule has 0 aliphatic carbocycles. The molecule has 0 aromatic rings. The van der Waals surface area contributed by atoms with Crippen LogP contribution in [0.5, 0.6) is 0 Å². The van der Waals surface area contributed by atoms with Crippen LogP contribution < -0.4 is 5.73 Å². The van der Waals surface area contributed by atoms with Gasteiger partial charge in [0.25, 0.3) is 0 Å². The van der Waals surface area contributed by atoms with Gasteiger partial charge < -0.3 is 40.7 Å². The quantitative estimate of drug-likeness (QED) is 0.134. The minimum atomic E-state index is -1.50. The highest BCUT2D eigenvalue weighted by atomic mass is 16.7. The number of hydrogen-bond acceptors (Lipinski definition) is 8. The monoisotopic (exact) mass is 461 g/mol. The Morgan fingerprint density at radius 1 is 0.875 bits per heavy atom. The summed E-state index contributed by atoms with van der Waals surface area (Å²) < 4.78 is 10.6. The lowest BCUT2D eigenvalue weighted by Crippen LogP contribution is -2.59. The van der Waals surface area contributed by atoms with Gasteiger partial charge in [0.2, 0.25) is 0 Å². The highest BCUT2D eigenvalue weighted by Crippen LogP contribution is 2.22. The molecule has 8 nitrogen and oxygen atoms in total. The minimum absolute atomic E-state index is 0.118. The van der Waals surface area contributed by atoms with Crippen molar-refractivity contribution >= 4 is 0 Å². The average Bonchev–Trinajstić information content (AvgIpc) is 2.79. The molecule has 1 fully saturated rings. The zero-order chi connectivity index (χ0) is 23.8. The third-order valence-electron chi connectivity index (χ3n) is 6.05.